The van der Waals surface area contributed by atoms with Crippen LogP contribution in [0.4, 0.5) is 11.4 Å². The molecular weight excluding hydrogens is 466 g/mol. The molecule has 4 N–H and O–H groups in total. The number of nitrogens with one attached hydrogen (secondary N) is 4. The number of carbonyl (C=O) groups excluding carboxylic acids is 1. The van der Waals surface area contributed by atoms with Crippen LogP contribution in [0.1, 0.15) is 35.3 Å². The van der Waals surface area contributed by atoms with Crippen LogP contribution in [0.5, 0.6) is 11.5 Å². The summed E-state index contributed by atoms with van der Waals surface area (Å²) >= 11 is 6.37. The minimum atomic E-state index is -0.125. The standard InChI is InChI=1S/C26H28ClN5O3/c1-34-25-17(27)3-2-4-19(25)32-24-22-18(8-10-29-26(22)33)31-23(24)16-7-9-28-12-21(16)35-13-20-14-5-6-15(11-14)30-20/h2-4,7,9,12,14-15,20,30-32H,5-6,8,10-11,13H2,1H3,(H,29,33)/t14-,15+,20+/m1/s1. The molecule has 2 aliphatic heterocycles. The van der Waals surface area contributed by atoms with Crippen LogP contribution in [0, 0.1) is 5.92 Å². The van der Waals surface area contributed by atoms with Gasteiger partial charge in [0.2, 0.25) is 0 Å². The smallest absolute Gasteiger partial charge is 0.255 e. The first-order valence-corrected chi connectivity index (χ1v) is 12.5. The number of amides is 1. The van der Waals surface area contributed by atoms with Gasteiger partial charge in [-0.1, -0.05) is 17.7 Å². The molecule has 1 aromatic carbocycles. The number of nitrogens with zero attached hydrogens (tertiary/aromatic N) is 1. The molecule has 0 unspecified atom stereocenters. The van der Waals surface area contributed by atoms with Gasteiger partial charge in [0, 0.05) is 42.5 Å². The van der Waals surface area contributed by atoms with Crippen molar-refractivity contribution in [2.75, 3.05) is 25.6 Å². The van der Waals surface area contributed by atoms with Crippen LogP contribution >= 0.6 is 11.6 Å². The number of benzene rings is 1. The van der Waals surface area contributed by atoms with E-state index in [-0.39, 0.29) is 5.91 Å². The molecule has 1 aliphatic carbocycles. The lowest BCUT2D eigenvalue weighted by atomic mass is 10.0. The van der Waals surface area contributed by atoms with Crippen molar-refractivity contribution in [1.82, 2.24) is 20.6 Å². The molecule has 8 nitrogen and oxygen atoms in total. The molecule has 4 heterocycles. The van der Waals surface area contributed by atoms with E-state index in [0.717, 1.165) is 17.0 Å². The number of hydrogen-bond donors (Lipinski definition) is 4. The normalized spacial score (nSPS) is 22.6. The number of methoxy groups -OCH3 is 1. The van der Waals surface area contributed by atoms with Crippen LogP contribution in [-0.2, 0) is 6.42 Å². The van der Waals surface area contributed by atoms with E-state index in [9.17, 15) is 4.79 Å². The maximum absolute atomic E-state index is 12.9. The lowest BCUT2D eigenvalue weighted by Crippen LogP contribution is -2.39. The summed E-state index contributed by atoms with van der Waals surface area (Å²) in [5, 5.41) is 10.5. The number of H-pyrrole nitrogens is 1. The van der Waals surface area contributed by atoms with E-state index in [0.29, 0.717) is 71.0 Å². The van der Waals surface area contributed by atoms with Crippen molar-refractivity contribution in [2.45, 2.75) is 37.8 Å². The van der Waals surface area contributed by atoms with Crippen molar-refractivity contribution in [3.05, 3.63) is 52.9 Å². The number of pyridine rings is 1. The molecule has 6 rings (SSSR count). The molecule has 9 heteroatoms. The summed E-state index contributed by atoms with van der Waals surface area (Å²) in [4.78, 5) is 20.8. The number of carbonyl (C=O) groups is 1. The Morgan fingerprint density at radius 1 is 1.26 bits per heavy atom. The van der Waals surface area contributed by atoms with Gasteiger partial charge in [-0.05, 0) is 43.4 Å². The van der Waals surface area contributed by atoms with Crippen LogP contribution in [0.15, 0.2) is 36.7 Å². The van der Waals surface area contributed by atoms with E-state index in [2.05, 4.69) is 25.9 Å². The van der Waals surface area contributed by atoms with Crippen molar-refractivity contribution >= 4 is 28.9 Å². The predicted molar refractivity (Wildman–Crippen MR) is 135 cm³/mol. The van der Waals surface area contributed by atoms with Gasteiger partial charge in [0.05, 0.1) is 41.0 Å². The first-order valence-electron chi connectivity index (χ1n) is 12.1. The molecular formula is C26H28ClN5O3. The number of ether oxygens (including phenoxy) is 2. The topological polar surface area (TPSA) is 100 Å². The molecule has 1 saturated carbocycles. The Morgan fingerprint density at radius 3 is 2.97 bits per heavy atom. The fourth-order valence-electron chi connectivity index (χ4n) is 5.69. The average Bonchev–Trinajstić information content (AvgIpc) is 3.58. The Hall–Kier alpha value is -3.23. The SMILES string of the molecule is COc1c(Cl)cccc1Nc1c(-c2ccncc2OC[C@@H]2N[C@H]3CC[C@@H]2C3)[nH]c2c1C(=O)NCC2. The number of aromatic nitrogens is 2. The minimum absolute atomic E-state index is 0.125. The van der Waals surface area contributed by atoms with E-state index in [1.54, 1.807) is 25.6 Å². The predicted octanol–water partition coefficient (Wildman–Crippen LogP) is 4.29. The minimum Gasteiger partial charge on any atom is -0.493 e. The van der Waals surface area contributed by atoms with Crippen molar-refractivity contribution in [1.29, 1.82) is 0 Å². The second kappa shape index (κ2) is 9.09. The number of anilines is 2. The van der Waals surface area contributed by atoms with Crippen LogP contribution in [0.2, 0.25) is 5.02 Å². The summed E-state index contributed by atoms with van der Waals surface area (Å²) in [7, 11) is 1.57. The van der Waals surface area contributed by atoms with Gasteiger partial charge in [0.15, 0.2) is 5.75 Å². The van der Waals surface area contributed by atoms with Crippen LogP contribution in [0.25, 0.3) is 11.3 Å². The van der Waals surface area contributed by atoms with Crippen molar-refractivity contribution in [3.8, 4) is 22.8 Å². The van der Waals surface area contributed by atoms with Gasteiger partial charge in [-0.2, -0.15) is 0 Å². The Kier molecular flexibility index (Phi) is 5.78. The molecule has 1 saturated heterocycles. The highest BCUT2D eigenvalue weighted by Gasteiger charge is 2.39. The van der Waals surface area contributed by atoms with E-state index in [4.69, 9.17) is 21.1 Å². The van der Waals surface area contributed by atoms with Gasteiger partial charge >= 0.3 is 0 Å². The summed E-state index contributed by atoms with van der Waals surface area (Å²) in [5.74, 6) is 1.74. The van der Waals surface area contributed by atoms with Gasteiger partial charge in [-0.15, -0.1) is 0 Å². The van der Waals surface area contributed by atoms with Crippen LogP contribution in [-0.4, -0.2) is 48.2 Å². The first-order chi connectivity index (χ1) is 17.1. The Morgan fingerprint density at radius 2 is 2.17 bits per heavy atom. The first kappa shape index (κ1) is 22.2. The van der Waals surface area contributed by atoms with Crippen molar-refractivity contribution < 1.29 is 14.3 Å². The Bertz CT molecular complexity index is 1280. The third kappa shape index (κ3) is 4.00. The number of rotatable bonds is 7. The highest BCUT2D eigenvalue weighted by atomic mass is 35.5. The maximum atomic E-state index is 12.9. The van der Waals surface area contributed by atoms with Gasteiger partial charge < -0.3 is 30.4 Å². The van der Waals surface area contributed by atoms with E-state index in [1.807, 2.05) is 18.2 Å². The Labute approximate surface area is 208 Å². The third-order valence-electron chi connectivity index (χ3n) is 7.36. The van der Waals surface area contributed by atoms with Gasteiger partial charge in [-0.3, -0.25) is 9.78 Å². The van der Waals surface area contributed by atoms with E-state index < -0.39 is 0 Å². The second-order valence-corrected chi connectivity index (χ2v) is 9.81. The molecule has 2 fully saturated rings. The fourth-order valence-corrected chi connectivity index (χ4v) is 5.94. The lowest BCUT2D eigenvalue weighted by molar-refractivity contribution is 0.0947. The summed E-state index contributed by atoms with van der Waals surface area (Å²) in [6.45, 7) is 1.17. The number of para-hydroxylation sites is 1. The molecule has 2 aromatic heterocycles. The highest BCUT2D eigenvalue weighted by molar-refractivity contribution is 6.32. The monoisotopic (exact) mass is 493 g/mol. The van der Waals surface area contributed by atoms with Crippen molar-refractivity contribution in [3.63, 3.8) is 0 Å². The third-order valence-corrected chi connectivity index (χ3v) is 7.66. The molecule has 1 amide bonds. The quantitative estimate of drug-likeness (QED) is 0.392. The molecule has 2 bridgehead atoms. The van der Waals surface area contributed by atoms with Crippen LogP contribution in [0.3, 0.4) is 0 Å². The molecule has 35 heavy (non-hydrogen) atoms. The van der Waals surface area contributed by atoms with E-state index in [1.165, 1.54) is 19.3 Å². The second-order valence-electron chi connectivity index (χ2n) is 9.41. The van der Waals surface area contributed by atoms with Gasteiger partial charge in [0.1, 0.15) is 12.4 Å². The maximum Gasteiger partial charge on any atom is 0.255 e. The molecule has 3 aliphatic rings. The summed E-state index contributed by atoms with van der Waals surface area (Å²) < 4.78 is 11.9. The van der Waals surface area contributed by atoms with Crippen molar-refractivity contribution in [2.24, 2.45) is 5.92 Å². The Balaban J connectivity index is 1.38. The highest BCUT2D eigenvalue weighted by Crippen LogP contribution is 2.43. The molecule has 0 spiro atoms. The number of piperidine rings is 1. The fraction of sp³-hybridized carbons (Fsp3) is 0.385. The number of halogens is 1. The molecule has 0 radical (unpaired) electrons. The largest absolute Gasteiger partial charge is 0.493 e. The number of aromatic amines is 1. The van der Waals surface area contributed by atoms with Gasteiger partial charge in [0.25, 0.3) is 5.91 Å². The molecule has 182 valence electrons. The number of hydrogen-bond acceptors (Lipinski definition) is 6. The van der Waals surface area contributed by atoms with E-state index >= 15 is 0 Å². The molecule has 3 aromatic rings. The lowest BCUT2D eigenvalue weighted by Gasteiger charge is -2.23. The zero-order chi connectivity index (χ0) is 23.9. The number of fused-ring (bicyclic) bond motifs is 3. The average molecular weight is 494 g/mol. The summed E-state index contributed by atoms with van der Waals surface area (Å²) in [5.41, 5.74) is 4.41. The van der Waals surface area contributed by atoms with Crippen LogP contribution < -0.4 is 25.4 Å². The summed E-state index contributed by atoms with van der Waals surface area (Å²) in [6.07, 6.45) is 7.95. The zero-order valence-corrected chi connectivity index (χ0v) is 20.2. The molecule has 3 atom stereocenters. The summed E-state index contributed by atoms with van der Waals surface area (Å²) in [6, 6.07) is 8.38. The van der Waals surface area contributed by atoms with Gasteiger partial charge in [-0.25, -0.2) is 0 Å². The zero-order valence-electron chi connectivity index (χ0n) is 19.5.